The summed E-state index contributed by atoms with van der Waals surface area (Å²) >= 11 is 7.39. The number of hydrogen-bond acceptors (Lipinski definition) is 5. The van der Waals surface area contributed by atoms with Crippen LogP contribution in [-0.4, -0.2) is 24.5 Å². The molecule has 0 bridgehead atoms. The lowest BCUT2D eigenvalue weighted by atomic mass is 9.97. The Labute approximate surface area is 194 Å². The van der Waals surface area contributed by atoms with E-state index in [0.717, 1.165) is 11.6 Å². The molecule has 168 valence electrons. The molecule has 0 aliphatic rings. The maximum Gasteiger partial charge on any atom is 0.336 e. The number of rotatable bonds is 8. The van der Waals surface area contributed by atoms with Gasteiger partial charge in [0.2, 0.25) is 0 Å². The standard InChI is InChI=1S/C22H20ClFN2O4S2/c1-13(2)18-7-6-17(10-19(18)22(27)28)32(29,30)26-16-5-8-21(25-11-16)31-12-14-3-4-15(24)9-20(14)23/h3-11,13,26H,12H2,1-2H3,(H,27,28). The first kappa shape index (κ1) is 24.0. The normalized spacial score (nSPS) is 11.5. The molecule has 2 aromatic carbocycles. The Kier molecular flexibility index (Phi) is 7.43. The van der Waals surface area contributed by atoms with E-state index >= 15 is 0 Å². The number of carboxylic acid groups (broad SMARTS) is 1. The van der Waals surface area contributed by atoms with Crippen LogP contribution >= 0.6 is 23.4 Å². The van der Waals surface area contributed by atoms with E-state index in [2.05, 4.69) is 9.71 Å². The number of sulfonamides is 1. The summed E-state index contributed by atoms with van der Waals surface area (Å²) in [7, 11) is -4.00. The van der Waals surface area contributed by atoms with E-state index in [1.165, 1.54) is 42.2 Å². The molecule has 10 heteroatoms. The summed E-state index contributed by atoms with van der Waals surface area (Å²) < 4.78 is 41.0. The number of nitrogens with one attached hydrogen (secondary N) is 1. The molecule has 0 spiro atoms. The number of anilines is 1. The molecule has 0 atom stereocenters. The zero-order valence-corrected chi connectivity index (χ0v) is 19.6. The number of aromatic carboxylic acids is 1. The quantitative estimate of drug-likeness (QED) is 0.385. The molecule has 32 heavy (non-hydrogen) atoms. The van der Waals surface area contributed by atoms with E-state index in [9.17, 15) is 22.7 Å². The van der Waals surface area contributed by atoms with Crippen molar-refractivity contribution in [1.29, 1.82) is 0 Å². The molecule has 0 saturated heterocycles. The predicted octanol–water partition coefficient (Wildman–Crippen LogP) is 5.79. The molecule has 3 rings (SSSR count). The lowest BCUT2D eigenvalue weighted by molar-refractivity contribution is 0.0695. The zero-order chi connectivity index (χ0) is 23.5. The summed E-state index contributed by atoms with van der Waals surface area (Å²) in [4.78, 5) is 15.6. The average Bonchev–Trinajstić information content (AvgIpc) is 2.73. The molecule has 0 fully saturated rings. The Morgan fingerprint density at radius 2 is 1.94 bits per heavy atom. The highest BCUT2D eigenvalue weighted by Gasteiger charge is 2.20. The van der Waals surface area contributed by atoms with E-state index in [0.29, 0.717) is 21.4 Å². The van der Waals surface area contributed by atoms with Crippen molar-refractivity contribution in [3.63, 3.8) is 0 Å². The second-order valence-electron chi connectivity index (χ2n) is 7.22. The molecular formula is C22H20ClFN2O4S2. The van der Waals surface area contributed by atoms with Crippen LogP contribution in [0.3, 0.4) is 0 Å². The number of pyridine rings is 1. The summed E-state index contributed by atoms with van der Waals surface area (Å²) in [5.41, 5.74) is 1.50. The van der Waals surface area contributed by atoms with Gasteiger partial charge in [-0.15, -0.1) is 11.8 Å². The van der Waals surface area contributed by atoms with Crippen molar-refractivity contribution in [3.8, 4) is 0 Å². The molecule has 0 aliphatic heterocycles. The molecule has 0 unspecified atom stereocenters. The fraction of sp³-hybridized carbons (Fsp3) is 0.182. The lowest BCUT2D eigenvalue weighted by Crippen LogP contribution is -2.15. The van der Waals surface area contributed by atoms with Gasteiger partial charge in [-0.2, -0.15) is 0 Å². The largest absolute Gasteiger partial charge is 0.478 e. The van der Waals surface area contributed by atoms with Gasteiger partial charge in [0.1, 0.15) is 5.82 Å². The average molecular weight is 495 g/mol. The number of hydrogen-bond donors (Lipinski definition) is 2. The molecule has 1 heterocycles. The van der Waals surface area contributed by atoms with Crippen molar-refractivity contribution < 1.29 is 22.7 Å². The molecule has 0 radical (unpaired) electrons. The van der Waals surface area contributed by atoms with Crippen molar-refractivity contribution in [1.82, 2.24) is 4.98 Å². The van der Waals surface area contributed by atoms with Gasteiger partial charge in [-0.3, -0.25) is 4.72 Å². The van der Waals surface area contributed by atoms with Crippen molar-refractivity contribution >= 4 is 45.0 Å². The Morgan fingerprint density at radius 3 is 2.53 bits per heavy atom. The third kappa shape index (κ3) is 5.79. The lowest BCUT2D eigenvalue weighted by Gasteiger charge is -2.13. The van der Waals surface area contributed by atoms with Gasteiger partial charge in [-0.25, -0.2) is 22.6 Å². The summed E-state index contributed by atoms with van der Waals surface area (Å²) in [6.45, 7) is 3.67. The van der Waals surface area contributed by atoms with Gasteiger partial charge in [0.25, 0.3) is 10.0 Å². The second kappa shape index (κ2) is 9.89. The van der Waals surface area contributed by atoms with Gasteiger partial charge in [-0.05, 0) is 53.4 Å². The number of nitrogens with zero attached hydrogens (tertiary/aromatic N) is 1. The van der Waals surface area contributed by atoms with Gasteiger partial charge in [0.15, 0.2) is 0 Å². The van der Waals surface area contributed by atoms with E-state index in [1.807, 2.05) is 13.8 Å². The maximum absolute atomic E-state index is 13.1. The SMILES string of the molecule is CC(C)c1ccc(S(=O)(=O)Nc2ccc(SCc3ccc(F)cc3Cl)nc2)cc1C(=O)O. The van der Waals surface area contributed by atoms with Gasteiger partial charge < -0.3 is 5.11 Å². The Morgan fingerprint density at radius 1 is 1.19 bits per heavy atom. The minimum atomic E-state index is -4.00. The molecule has 2 N–H and O–H groups in total. The Hall–Kier alpha value is -2.62. The first-order valence-corrected chi connectivity index (χ1v) is 12.3. The highest BCUT2D eigenvalue weighted by Crippen LogP contribution is 2.28. The number of carboxylic acids is 1. The third-order valence-electron chi connectivity index (χ3n) is 4.57. The Bertz CT molecular complexity index is 1250. The van der Waals surface area contributed by atoms with Crippen LogP contribution in [0.5, 0.6) is 0 Å². The topological polar surface area (TPSA) is 96.4 Å². The van der Waals surface area contributed by atoms with Gasteiger partial charge in [0, 0.05) is 10.8 Å². The molecule has 6 nitrogen and oxygen atoms in total. The number of carbonyl (C=O) groups is 1. The summed E-state index contributed by atoms with van der Waals surface area (Å²) in [5.74, 6) is -1.19. The fourth-order valence-corrected chi connectivity index (χ4v) is 5.15. The van der Waals surface area contributed by atoms with Crippen LogP contribution in [0.15, 0.2) is 64.6 Å². The molecule has 0 saturated carbocycles. The number of aromatic nitrogens is 1. The first-order chi connectivity index (χ1) is 15.1. The van der Waals surface area contributed by atoms with Crippen LogP contribution in [0.25, 0.3) is 0 Å². The highest BCUT2D eigenvalue weighted by molar-refractivity contribution is 7.98. The smallest absolute Gasteiger partial charge is 0.336 e. The van der Waals surface area contributed by atoms with Crippen LogP contribution in [0.2, 0.25) is 5.02 Å². The minimum Gasteiger partial charge on any atom is -0.478 e. The summed E-state index contributed by atoms with van der Waals surface area (Å²) in [5, 5.41) is 10.4. The van der Waals surface area contributed by atoms with Gasteiger partial charge >= 0.3 is 5.97 Å². The van der Waals surface area contributed by atoms with E-state index in [1.54, 1.807) is 18.2 Å². The molecule has 0 aliphatic carbocycles. The van der Waals surface area contributed by atoms with E-state index in [4.69, 9.17) is 11.6 Å². The number of thioether (sulfide) groups is 1. The van der Waals surface area contributed by atoms with Crippen molar-refractivity contribution in [2.45, 2.75) is 35.4 Å². The van der Waals surface area contributed by atoms with Crippen LogP contribution in [0, 0.1) is 5.82 Å². The fourth-order valence-electron chi connectivity index (χ4n) is 2.92. The first-order valence-electron chi connectivity index (χ1n) is 9.49. The Balaban J connectivity index is 1.73. The molecule has 1 aromatic heterocycles. The van der Waals surface area contributed by atoms with E-state index in [-0.39, 0.29) is 22.1 Å². The van der Waals surface area contributed by atoms with Crippen LogP contribution < -0.4 is 4.72 Å². The predicted molar refractivity (Wildman–Crippen MR) is 124 cm³/mol. The number of halogens is 2. The van der Waals surface area contributed by atoms with Crippen LogP contribution in [0.1, 0.15) is 41.3 Å². The highest BCUT2D eigenvalue weighted by atomic mass is 35.5. The van der Waals surface area contributed by atoms with Gasteiger partial charge in [-0.1, -0.05) is 37.6 Å². The van der Waals surface area contributed by atoms with Gasteiger partial charge in [0.05, 0.1) is 27.4 Å². The second-order valence-corrected chi connectivity index (χ2v) is 10.3. The van der Waals surface area contributed by atoms with Crippen molar-refractivity contribution in [3.05, 3.63) is 82.3 Å². The monoisotopic (exact) mass is 494 g/mol. The minimum absolute atomic E-state index is 0.0489. The van der Waals surface area contributed by atoms with Crippen LogP contribution in [0.4, 0.5) is 10.1 Å². The zero-order valence-electron chi connectivity index (χ0n) is 17.2. The number of benzene rings is 2. The van der Waals surface area contributed by atoms with Crippen molar-refractivity contribution in [2.75, 3.05) is 4.72 Å². The molecule has 0 amide bonds. The summed E-state index contributed by atoms with van der Waals surface area (Å²) in [6.07, 6.45) is 1.37. The maximum atomic E-state index is 13.1. The molecule has 3 aromatic rings. The third-order valence-corrected chi connectivity index (χ3v) is 7.29. The van der Waals surface area contributed by atoms with E-state index < -0.39 is 21.8 Å². The van der Waals surface area contributed by atoms with Crippen molar-refractivity contribution in [2.24, 2.45) is 0 Å². The molecular weight excluding hydrogens is 475 g/mol. The summed E-state index contributed by atoms with van der Waals surface area (Å²) in [6, 6.07) is 11.4. The van der Waals surface area contributed by atoms with Crippen LogP contribution in [-0.2, 0) is 15.8 Å².